The summed E-state index contributed by atoms with van der Waals surface area (Å²) in [6.07, 6.45) is 0.824. The van der Waals surface area contributed by atoms with Crippen LogP contribution in [0.25, 0.3) is 0 Å². The smallest absolute Gasteiger partial charge is 0.238 e. The maximum absolute atomic E-state index is 12.1. The number of anilines is 1. The molecule has 2 rings (SSSR count). The summed E-state index contributed by atoms with van der Waals surface area (Å²) in [7, 11) is 0. The number of fused-ring (bicyclic) bond motifs is 1. The third-order valence-electron chi connectivity index (χ3n) is 2.93. The van der Waals surface area contributed by atoms with Crippen molar-refractivity contribution in [3.63, 3.8) is 0 Å². The van der Waals surface area contributed by atoms with E-state index in [0.29, 0.717) is 35.4 Å². The van der Waals surface area contributed by atoms with Gasteiger partial charge in [0.2, 0.25) is 5.91 Å². The Kier molecular flexibility index (Phi) is 5.16. The number of ether oxygens (including phenoxy) is 2. The molecule has 1 aliphatic rings. The number of carbonyl (C=O) groups excluding carboxylic acids is 1. The van der Waals surface area contributed by atoms with Crippen LogP contribution in [-0.4, -0.2) is 23.9 Å². The van der Waals surface area contributed by atoms with Crippen molar-refractivity contribution in [2.24, 2.45) is 5.92 Å². The lowest BCUT2D eigenvalue weighted by molar-refractivity contribution is -0.116. The van der Waals surface area contributed by atoms with Gasteiger partial charge in [-0.2, -0.15) is 0 Å². The van der Waals surface area contributed by atoms with Crippen molar-refractivity contribution in [3.05, 3.63) is 17.2 Å². The maximum atomic E-state index is 12.1. The average Bonchev–Trinajstić information content (AvgIpc) is 2.63. The minimum atomic E-state index is -0.269. The molecule has 0 radical (unpaired) electrons. The number of nitrogens with one attached hydrogen (secondary N) is 1. The molecule has 1 heterocycles. The summed E-state index contributed by atoms with van der Waals surface area (Å²) in [5.74, 6) is 1.29. The SMILES string of the molecule is CC(C)C(Br)C(=O)Nc1cc2c(cc1Cl)OCCCO2. The first-order valence-corrected chi connectivity index (χ1v) is 7.82. The summed E-state index contributed by atoms with van der Waals surface area (Å²) in [5.41, 5.74) is 0.533. The van der Waals surface area contributed by atoms with Gasteiger partial charge in [-0.1, -0.05) is 41.4 Å². The van der Waals surface area contributed by atoms with E-state index in [4.69, 9.17) is 21.1 Å². The highest BCUT2D eigenvalue weighted by molar-refractivity contribution is 9.10. The number of halogens is 2. The molecule has 1 aromatic carbocycles. The maximum Gasteiger partial charge on any atom is 0.238 e. The largest absolute Gasteiger partial charge is 0.490 e. The number of hydrogen-bond donors (Lipinski definition) is 1. The van der Waals surface area contributed by atoms with Gasteiger partial charge in [-0.3, -0.25) is 4.79 Å². The first-order chi connectivity index (χ1) is 9.49. The fourth-order valence-electron chi connectivity index (χ4n) is 1.78. The summed E-state index contributed by atoms with van der Waals surface area (Å²) in [4.78, 5) is 11.8. The second kappa shape index (κ2) is 6.68. The highest BCUT2D eigenvalue weighted by Gasteiger charge is 2.21. The van der Waals surface area contributed by atoms with Gasteiger partial charge in [0.1, 0.15) is 0 Å². The molecule has 0 saturated carbocycles. The van der Waals surface area contributed by atoms with Crippen LogP contribution in [0.2, 0.25) is 5.02 Å². The summed E-state index contributed by atoms with van der Waals surface area (Å²) in [6, 6.07) is 3.39. The highest BCUT2D eigenvalue weighted by Crippen LogP contribution is 2.37. The number of hydrogen-bond acceptors (Lipinski definition) is 3. The van der Waals surface area contributed by atoms with Gasteiger partial charge in [-0.15, -0.1) is 0 Å². The van der Waals surface area contributed by atoms with Gasteiger partial charge in [-0.05, 0) is 5.92 Å². The lowest BCUT2D eigenvalue weighted by Gasteiger charge is -2.16. The molecule has 20 heavy (non-hydrogen) atoms. The third kappa shape index (κ3) is 3.58. The molecule has 0 spiro atoms. The minimum Gasteiger partial charge on any atom is -0.490 e. The summed E-state index contributed by atoms with van der Waals surface area (Å²) < 4.78 is 11.1. The van der Waals surface area contributed by atoms with E-state index in [1.54, 1.807) is 12.1 Å². The van der Waals surface area contributed by atoms with Crippen molar-refractivity contribution >= 4 is 39.1 Å². The van der Waals surface area contributed by atoms with Gasteiger partial charge in [0.15, 0.2) is 11.5 Å². The van der Waals surface area contributed by atoms with Crippen LogP contribution in [0.1, 0.15) is 20.3 Å². The number of alkyl halides is 1. The van der Waals surface area contributed by atoms with E-state index >= 15 is 0 Å². The molecule has 1 N–H and O–H groups in total. The molecule has 110 valence electrons. The molecule has 4 nitrogen and oxygen atoms in total. The molecule has 6 heteroatoms. The van der Waals surface area contributed by atoms with Gasteiger partial charge < -0.3 is 14.8 Å². The Hall–Kier alpha value is -0.940. The van der Waals surface area contributed by atoms with Crippen molar-refractivity contribution < 1.29 is 14.3 Å². The Morgan fingerprint density at radius 2 is 1.90 bits per heavy atom. The van der Waals surface area contributed by atoms with E-state index in [-0.39, 0.29) is 16.7 Å². The van der Waals surface area contributed by atoms with Crippen molar-refractivity contribution in [2.75, 3.05) is 18.5 Å². The van der Waals surface area contributed by atoms with Crippen LogP contribution in [-0.2, 0) is 4.79 Å². The Balaban J connectivity index is 2.20. The van der Waals surface area contributed by atoms with E-state index < -0.39 is 0 Å². The van der Waals surface area contributed by atoms with Crippen LogP contribution in [0.15, 0.2) is 12.1 Å². The van der Waals surface area contributed by atoms with Gasteiger partial charge in [0.25, 0.3) is 0 Å². The predicted octanol–water partition coefficient (Wildman–Crippen LogP) is 3.86. The molecule has 0 fully saturated rings. The second-order valence-electron chi connectivity index (χ2n) is 4.96. The zero-order valence-corrected chi connectivity index (χ0v) is 13.8. The molecule has 0 saturated heterocycles. The second-order valence-corrected chi connectivity index (χ2v) is 6.36. The van der Waals surface area contributed by atoms with E-state index in [9.17, 15) is 4.79 Å². The molecule has 1 unspecified atom stereocenters. The van der Waals surface area contributed by atoms with Gasteiger partial charge in [0.05, 0.1) is 28.8 Å². The molecule has 0 aromatic heterocycles. The summed E-state index contributed by atoms with van der Waals surface area (Å²) >= 11 is 9.54. The Bertz CT molecular complexity index is 507. The van der Waals surface area contributed by atoms with Crippen LogP contribution >= 0.6 is 27.5 Å². The van der Waals surface area contributed by atoms with Crippen molar-refractivity contribution in [1.82, 2.24) is 0 Å². The van der Waals surface area contributed by atoms with E-state index in [1.165, 1.54) is 0 Å². The molecular weight excluding hydrogens is 346 g/mol. The zero-order valence-electron chi connectivity index (χ0n) is 11.4. The Morgan fingerprint density at radius 1 is 1.30 bits per heavy atom. The van der Waals surface area contributed by atoms with Crippen LogP contribution in [0.3, 0.4) is 0 Å². The normalized spacial score (nSPS) is 15.7. The minimum absolute atomic E-state index is 0.128. The first kappa shape index (κ1) is 15.4. The van der Waals surface area contributed by atoms with Crippen LogP contribution in [0.5, 0.6) is 11.5 Å². The monoisotopic (exact) mass is 361 g/mol. The van der Waals surface area contributed by atoms with Crippen molar-refractivity contribution in [1.29, 1.82) is 0 Å². The predicted molar refractivity (Wildman–Crippen MR) is 83.2 cm³/mol. The van der Waals surface area contributed by atoms with E-state index in [0.717, 1.165) is 6.42 Å². The molecular formula is C14H17BrClNO3. The fourth-order valence-corrected chi connectivity index (χ4v) is 2.10. The molecule has 1 aromatic rings. The lowest BCUT2D eigenvalue weighted by Crippen LogP contribution is -2.27. The summed E-state index contributed by atoms with van der Waals surface area (Å²) in [5, 5.41) is 3.24. The topological polar surface area (TPSA) is 47.6 Å². The zero-order chi connectivity index (χ0) is 14.7. The number of carbonyl (C=O) groups is 1. The van der Waals surface area contributed by atoms with Crippen molar-refractivity contribution in [3.8, 4) is 11.5 Å². The third-order valence-corrected chi connectivity index (χ3v) is 4.72. The molecule has 1 amide bonds. The van der Waals surface area contributed by atoms with Crippen LogP contribution in [0.4, 0.5) is 5.69 Å². The first-order valence-electron chi connectivity index (χ1n) is 6.53. The highest BCUT2D eigenvalue weighted by atomic mass is 79.9. The number of rotatable bonds is 3. The molecule has 1 aliphatic heterocycles. The van der Waals surface area contributed by atoms with Gasteiger partial charge in [0, 0.05) is 18.6 Å². The average molecular weight is 363 g/mol. The Labute approximate surface area is 131 Å². The van der Waals surface area contributed by atoms with E-state index in [1.807, 2.05) is 13.8 Å². The number of benzene rings is 1. The fraction of sp³-hybridized carbons (Fsp3) is 0.500. The quantitative estimate of drug-likeness (QED) is 0.831. The van der Waals surface area contributed by atoms with E-state index in [2.05, 4.69) is 21.2 Å². The summed E-state index contributed by atoms with van der Waals surface area (Å²) in [6.45, 7) is 5.13. The van der Waals surface area contributed by atoms with Crippen molar-refractivity contribution in [2.45, 2.75) is 25.1 Å². The van der Waals surface area contributed by atoms with Crippen LogP contribution in [0, 0.1) is 5.92 Å². The molecule has 1 atom stereocenters. The van der Waals surface area contributed by atoms with Gasteiger partial charge in [-0.25, -0.2) is 0 Å². The standard InChI is InChI=1S/C14H17BrClNO3/c1-8(2)13(15)14(18)17-10-7-12-11(6-9(10)16)19-4-3-5-20-12/h6-8,13H,3-5H2,1-2H3,(H,17,18). The van der Waals surface area contributed by atoms with Crippen LogP contribution < -0.4 is 14.8 Å². The molecule has 0 bridgehead atoms. The molecule has 0 aliphatic carbocycles. The lowest BCUT2D eigenvalue weighted by atomic mass is 10.1. The Morgan fingerprint density at radius 3 is 2.50 bits per heavy atom. The number of amides is 1. The van der Waals surface area contributed by atoms with Gasteiger partial charge >= 0.3 is 0 Å².